The average molecular weight is 299 g/mol. The van der Waals surface area contributed by atoms with E-state index in [-0.39, 0.29) is 5.60 Å². The van der Waals surface area contributed by atoms with Crippen LogP contribution in [0.15, 0.2) is 16.8 Å². The lowest BCUT2D eigenvalue weighted by Gasteiger charge is -2.28. The summed E-state index contributed by atoms with van der Waals surface area (Å²) in [6.07, 6.45) is -0.438. The number of aliphatic hydroxyl groups excluding tert-OH is 1. The van der Waals surface area contributed by atoms with Crippen molar-refractivity contribution in [1.82, 2.24) is 4.90 Å². The number of ether oxygens (including phenoxy) is 1. The maximum atomic E-state index is 10.2. The Morgan fingerprint density at radius 1 is 1.30 bits per heavy atom. The minimum atomic E-state index is -0.438. The Kier molecular flexibility index (Phi) is 7.17. The van der Waals surface area contributed by atoms with Crippen LogP contribution in [0.2, 0.25) is 0 Å². The second-order valence-electron chi connectivity index (χ2n) is 6.80. The molecule has 0 amide bonds. The van der Waals surface area contributed by atoms with E-state index in [0.717, 1.165) is 13.1 Å². The molecule has 1 atom stereocenters. The Bertz CT molecular complexity index is 357. The van der Waals surface area contributed by atoms with Crippen molar-refractivity contribution < 1.29 is 9.84 Å². The summed E-state index contributed by atoms with van der Waals surface area (Å²) in [6.45, 7) is 13.4. The monoisotopic (exact) mass is 299 g/mol. The molecule has 1 rings (SSSR count). The lowest BCUT2D eigenvalue weighted by molar-refractivity contribution is -0.0572. The van der Waals surface area contributed by atoms with E-state index in [1.165, 1.54) is 5.56 Å². The third-order valence-corrected chi connectivity index (χ3v) is 3.52. The molecule has 0 aromatic carbocycles. The van der Waals surface area contributed by atoms with Crippen molar-refractivity contribution in [2.75, 3.05) is 19.7 Å². The Hall–Kier alpha value is -0.420. The highest BCUT2D eigenvalue weighted by molar-refractivity contribution is 7.07. The Morgan fingerprint density at radius 3 is 2.50 bits per heavy atom. The van der Waals surface area contributed by atoms with E-state index in [1.807, 2.05) is 20.8 Å². The predicted molar refractivity (Wildman–Crippen MR) is 86.1 cm³/mol. The summed E-state index contributed by atoms with van der Waals surface area (Å²) in [5, 5.41) is 14.4. The zero-order valence-corrected chi connectivity index (χ0v) is 14.2. The van der Waals surface area contributed by atoms with Gasteiger partial charge in [0.25, 0.3) is 0 Å². The van der Waals surface area contributed by atoms with Crippen molar-refractivity contribution in [3.63, 3.8) is 0 Å². The van der Waals surface area contributed by atoms with Crippen molar-refractivity contribution in [1.29, 1.82) is 0 Å². The molecule has 0 spiro atoms. The highest BCUT2D eigenvalue weighted by Gasteiger charge is 2.17. The molecule has 0 aliphatic carbocycles. The van der Waals surface area contributed by atoms with Crippen molar-refractivity contribution in [3.05, 3.63) is 22.4 Å². The van der Waals surface area contributed by atoms with Gasteiger partial charge in [-0.15, -0.1) is 0 Å². The second kappa shape index (κ2) is 8.13. The third kappa shape index (κ3) is 8.00. The Labute approximate surface area is 127 Å². The summed E-state index contributed by atoms with van der Waals surface area (Å²) in [4.78, 5) is 2.31. The van der Waals surface area contributed by atoms with Gasteiger partial charge in [0, 0.05) is 19.6 Å². The number of hydrogen-bond acceptors (Lipinski definition) is 4. The molecule has 1 heterocycles. The van der Waals surface area contributed by atoms with E-state index in [0.29, 0.717) is 19.1 Å². The van der Waals surface area contributed by atoms with Crippen LogP contribution in [0.4, 0.5) is 0 Å². The summed E-state index contributed by atoms with van der Waals surface area (Å²) in [6, 6.07) is 2.15. The van der Waals surface area contributed by atoms with E-state index >= 15 is 0 Å². The first-order valence-corrected chi connectivity index (χ1v) is 8.26. The SMILES string of the molecule is CC(C)CN(Cc1ccsc1)C[C@@H](O)COC(C)(C)C. The van der Waals surface area contributed by atoms with Crippen LogP contribution in [-0.4, -0.2) is 41.4 Å². The molecule has 3 nitrogen and oxygen atoms in total. The summed E-state index contributed by atoms with van der Waals surface area (Å²) in [5.74, 6) is 0.587. The molecule has 0 aliphatic rings. The van der Waals surface area contributed by atoms with Crippen LogP contribution < -0.4 is 0 Å². The predicted octanol–water partition coefficient (Wildman–Crippen LogP) is 3.38. The van der Waals surface area contributed by atoms with E-state index < -0.39 is 6.10 Å². The van der Waals surface area contributed by atoms with Gasteiger partial charge < -0.3 is 9.84 Å². The van der Waals surface area contributed by atoms with Gasteiger partial charge in [-0.1, -0.05) is 13.8 Å². The first-order chi connectivity index (χ1) is 9.26. The summed E-state index contributed by atoms with van der Waals surface area (Å²) in [7, 11) is 0. The minimum absolute atomic E-state index is 0.197. The van der Waals surface area contributed by atoms with Crippen molar-refractivity contribution >= 4 is 11.3 Å². The van der Waals surface area contributed by atoms with Crippen LogP contribution in [0.5, 0.6) is 0 Å². The van der Waals surface area contributed by atoms with Crippen LogP contribution in [-0.2, 0) is 11.3 Å². The van der Waals surface area contributed by atoms with E-state index in [4.69, 9.17) is 4.74 Å². The van der Waals surface area contributed by atoms with Gasteiger partial charge in [-0.05, 0) is 49.1 Å². The molecule has 0 saturated heterocycles. The maximum absolute atomic E-state index is 10.2. The molecule has 4 heteroatoms. The number of aliphatic hydroxyl groups is 1. The number of thiophene rings is 1. The zero-order chi connectivity index (χ0) is 15.2. The molecule has 0 saturated carbocycles. The quantitative estimate of drug-likeness (QED) is 0.799. The zero-order valence-electron chi connectivity index (χ0n) is 13.4. The van der Waals surface area contributed by atoms with Crippen molar-refractivity contribution in [3.8, 4) is 0 Å². The fraction of sp³-hybridized carbons (Fsp3) is 0.750. The van der Waals surface area contributed by atoms with Gasteiger partial charge in [0.1, 0.15) is 0 Å². The van der Waals surface area contributed by atoms with Gasteiger partial charge in [-0.25, -0.2) is 0 Å². The van der Waals surface area contributed by atoms with Crippen LogP contribution in [0.25, 0.3) is 0 Å². The number of hydrogen-bond donors (Lipinski definition) is 1. The fourth-order valence-electron chi connectivity index (χ4n) is 2.06. The van der Waals surface area contributed by atoms with Gasteiger partial charge in [0.05, 0.1) is 18.3 Å². The molecule has 0 bridgehead atoms. The molecule has 1 N–H and O–H groups in total. The topological polar surface area (TPSA) is 32.7 Å². The number of rotatable bonds is 8. The Morgan fingerprint density at radius 2 is 2.00 bits per heavy atom. The molecule has 0 fully saturated rings. The average Bonchev–Trinajstić information content (AvgIpc) is 2.77. The molecule has 116 valence electrons. The first-order valence-electron chi connectivity index (χ1n) is 7.31. The maximum Gasteiger partial charge on any atom is 0.0900 e. The van der Waals surface area contributed by atoms with Gasteiger partial charge in [0.2, 0.25) is 0 Å². The lowest BCUT2D eigenvalue weighted by Crippen LogP contribution is -2.38. The van der Waals surface area contributed by atoms with Crippen molar-refractivity contribution in [2.24, 2.45) is 5.92 Å². The van der Waals surface area contributed by atoms with E-state index in [9.17, 15) is 5.11 Å². The Balaban J connectivity index is 2.47. The fourth-order valence-corrected chi connectivity index (χ4v) is 2.72. The molecular weight excluding hydrogens is 270 g/mol. The minimum Gasteiger partial charge on any atom is -0.389 e. The molecule has 1 aromatic heterocycles. The van der Waals surface area contributed by atoms with Crippen molar-refractivity contribution in [2.45, 2.75) is 52.9 Å². The molecular formula is C16H29NO2S. The van der Waals surface area contributed by atoms with Crippen LogP contribution >= 0.6 is 11.3 Å². The van der Waals surface area contributed by atoms with Crippen LogP contribution in [0, 0.1) is 5.92 Å². The molecule has 20 heavy (non-hydrogen) atoms. The highest BCUT2D eigenvalue weighted by Crippen LogP contribution is 2.13. The third-order valence-electron chi connectivity index (χ3n) is 2.79. The van der Waals surface area contributed by atoms with E-state index in [2.05, 4.69) is 35.6 Å². The van der Waals surface area contributed by atoms with Gasteiger partial charge in [-0.3, -0.25) is 4.90 Å². The lowest BCUT2D eigenvalue weighted by atomic mass is 10.1. The van der Waals surface area contributed by atoms with E-state index in [1.54, 1.807) is 11.3 Å². The van der Waals surface area contributed by atoms with Gasteiger partial charge in [-0.2, -0.15) is 11.3 Å². The standard InChI is InChI=1S/C16H29NO2S/c1-13(2)8-17(9-14-6-7-20-12-14)10-15(18)11-19-16(3,4)5/h6-7,12-13,15,18H,8-11H2,1-5H3/t15-/m1/s1. The smallest absolute Gasteiger partial charge is 0.0900 e. The van der Waals surface area contributed by atoms with Crippen LogP contribution in [0.3, 0.4) is 0 Å². The second-order valence-corrected chi connectivity index (χ2v) is 7.58. The van der Waals surface area contributed by atoms with Crippen LogP contribution in [0.1, 0.15) is 40.2 Å². The molecule has 0 radical (unpaired) electrons. The largest absolute Gasteiger partial charge is 0.389 e. The van der Waals surface area contributed by atoms with Gasteiger partial charge in [0.15, 0.2) is 0 Å². The number of nitrogens with zero attached hydrogens (tertiary/aromatic N) is 1. The molecule has 1 aromatic rings. The summed E-state index contributed by atoms with van der Waals surface area (Å²) >= 11 is 1.72. The first kappa shape index (κ1) is 17.6. The van der Waals surface area contributed by atoms with Gasteiger partial charge >= 0.3 is 0 Å². The summed E-state index contributed by atoms with van der Waals surface area (Å²) in [5.41, 5.74) is 1.12. The molecule has 0 unspecified atom stereocenters. The highest BCUT2D eigenvalue weighted by atomic mass is 32.1. The normalized spacial score (nSPS) is 14.2. The summed E-state index contributed by atoms with van der Waals surface area (Å²) < 4.78 is 5.66. The molecule has 0 aliphatic heterocycles.